The predicted octanol–water partition coefficient (Wildman–Crippen LogP) is -0.308. The number of carbonyl (C=O) groups is 1. The SMILES string of the molecule is CC1CN(C)CCN1S(=O)(=O)c1ccc(C(N)=O)cc1N. The summed E-state index contributed by atoms with van der Waals surface area (Å²) in [7, 11) is -1.72. The van der Waals surface area contributed by atoms with Gasteiger partial charge in [-0.1, -0.05) is 0 Å². The lowest BCUT2D eigenvalue weighted by Crippen LogP contribution is -2.52. The molecule has 0 saturated carbocycles. The largest absolute Gasteiger partial charge is 0.398 e. The van der Waals surface area contributed by atoms with Crippen LogP contribution in [0.25, 0.3) is 0 Å². The fraction of sp³-hybridized carbons (Fsp3) is 0.462. The number of piperazine rings is 1. The Morgan fingerprint density at radius 3 is 2.52 bits per heavy atom. The maximum absolute atomic E-state index is 12.7. The Morgan fingerprint density at radius 2 is 2.00 bits per heavy atom. The van der Waals surface area contributed by atoms with Crippen LogP contribution < -0.4 is 11.5 Å². The van der Waals surface area contributed by atoms with E-state index in [-0.39, 0.29) is 22.2 Å². The summed E-state index contributed by atoms with van der Waals surface area (Å²) in [6.07, 6.45) is 0. The molecule has 1 fully saturated rings. The van der Waals surface area contributed by atoms with Gasteiger partial charge in [-0.3, -0.25) is 4.79 Å². The van der Waals surface area contributed by atoms with Crippen LogP contribution in [0.4, 0.5) is 5.69 Å². The molecular formula is C13H20N4O3S. The lowest BCUT2D eigenvalue weighted by molar-refractivity contribution is 0.1000. The summed E-state index contributed by atoms with van der Waals surface area (Å²) in [6, 6.07) is 3.89. The second-order valence-corrected chi connectivity index (χ2v) is 7.20. The average Bonchev–Trinajstić information content (AvgIpc) is 2.37. The van der Waals surface area contributed by atoms with Crippen LogP contribution in [0.3, 0.4) is 0 Å². The number of primary amides is 1. The molecule has 1 saturated heterocycles. The zero-order valence-corrected chi connectivity index (χ0v) is 12.9. The van der Waals surface area contributed by atoms with Gasteiger partial charge in [-0.2, -0.15) is 4.31 Å². The van der Waals surface area contributed by atoms with Gasteiger partial charge in [0.25, 0.3) is 0 Å². The highest BCUT2D eigenvalue weighted by molar-refractivity contribution is 7.89. The van der Waals surface area contributed by atoms with Gasteiger partial charge >= 0.3 is 0 Å². The maximum Gasteiger partial charge on any atom is 0.248 e. The molecule has 8 heteroatoms. The third-order valence-corrected chi connectivity index (χ3v) is 5.74. The molecule has 116 valence electrons. The van der Waals surface area contributed by atoms with E-state index in [2.05, 4.69) is 4.90 Å². The van der Waals surface area contributed by atoms with Crippen molar-refractivity contribution in [2.75, 3.05) is 32.4 Å². The lowest BCUT2D eigenvalue weighted by atomic mass is 10.2. The summed E-state index contributed by atoms with van der Waals surface area (Å²) in [5.41, 5.74) is 11.2. The van der Waals surface area contributed by atoms with Gasteiger partial charge < -0.3 is 16.4 Å². The van der Waals surface area contributed by atoms with Gasteiger partial charge in [0.1, 0.15) is 4.90 Å². The Labute approximate surface area is 124 Å². The minimum absolute atomic E-state index is 0.0175. The Hall–Kier alpha value is -1.64. The van der Waals surface area contributed by atoms with Crippen molar-refractivity contribution >= 4 is 21.6 Å². The molecule has 1 unspecified atom stereocenters. The second-order valence-electron chi connectivity index (χ2n) is 5.34. The summed E-state index contributed by atoms with van der Waals surface area (Å²) >= 11 is 0. The number of nitrogens with two attached hydrogens (primary N) is 2. The first kappa shape index (κ1) is 15.7. The molecule has 0 aliphatic carbocycles. The Kier molecular flexibility index (Phi) is 4.22. The second kappa shape index (κ2) is 5.63. The van der Waals surface area contributed by atoms with Crippen molar-refractivity contribution in [3.8, 4) is 0 Å². The molecule has 0 radical (unpaired) electrons. The number of hydrogen-bond acceptors (Lipinski definition) is 5. The van der Waals surface area contributed by atoms with E-state index in [9.17, 15) is 13.2 Å². The zero-order chi connectivity index (χ0) is 15.8. The van der Waals surface area contributed by atoms with Crippen molar-refractivity contribution in [3.63, 3.8) is 0 Å². The number of amides is 1. The van der Waals surface area contributed by atoms with Crippen molar-refractivity contribution in [3.05, 3.63) is 23.8 Å². The van der Waals surface area contributed by atoms with Crippen LogP contribution in [0.5, 0.6) is 0 Å². The van der Waals surface area contributed by atoms with E-state index in [0.29, 0.717) is 19.6 Å². The number of hydrogen-bond donors (Lipinski definition) is 2. The van der Waals surface area contributed by atoms with E-state index in [1.54, 1.807) is 0 Å². The molecule has 1 aliphatic heterocycles. The molecule has 0 bridgehead atoms. The highest BCUT2D eigenvalue weighted by Gasteiger charge is 2.33. The minimum Gasteiger partial charge on any atom is -0.398 e. The molecule has 4 N–H and O–H groups in total. The predicted molar refractivity (Wildman–Crippen MR) is 80.2 cm³/mol. The lowest BCUT2D eigenvalue weighted by Gasteiger charge is -2.37. The first-order valence-corrected chi connectivity index (χ1v) is 8.07. The van der Waals surface area contributed by atoms with E-state index in [4.69, 9.17) is 11.5 Å². The molecule has 2 rings (SSSR count). The first-order valence-electron chi connectivity index (χ1n) is 6.63. The fourth-order valence-electron chi connectivity index (χ4n) is 2.54. The van der Waals surface area contributed by atoms with Crippen LogP contribution in [-0.2, 0) is 10.0 Å². The average molecular weight is 312 g/mol. The van der Waals surface area contributed by atoms with Gasteiger partial charge in [-0.05, 0) is 32.2 Å². The quantitative estimate of drug-likeness (QED) is 0.744. The fourth-order valence-corrected chi connectivity index (χ4v) is 4.26. The summed E-state index contributed by atoms with van der Waals surface area (Å²) in [6.45, 7) is 3.61. The van der Waals surface area contributed by atoms with E-state index >= 15 is 0 Å². The summed E-state index contributed by atoms with van der Waals surface area (Å²) in [5, 5.41) is 0. The van der Waals surface area contributed by atoms with E-state index in [1.807, 2.05) is 14.0 Å². The number of likely N-dealkylation sites (N-methyl/N-ethyl adjacent to an activating group) is 1. The molecular weight excluding hydrogens is 292 g/mol. The van der Waals surface area contributed by atoms with Gasteiger partial charge in [0.05, 0.1) is 5.69 Å². The van der Waals surface area contributed by atoms with Gasteiger partial charge in [-0.15, -0.1) is 0 Å². The summed E-state index contributed by atoms with van der Waals surface area (Å²) < 4.78 is 26.9. The van der Waals surface area contributed by atoms with Gasteiger partial charge in [0.15, 0.2) is 0 Å². The first-order chi connectivity index (χ1) is 9.73. The third-order valence-electron chi connectivity index (χ3n) is 3.65. The molecule has 0 spiro atoms. The maximum atomic E-state index is 12.7. The van der Waals surface area contributed by atoms with Crippen LogP contribution in [-0.4, -0.2) is 56.3 Å². The molecule has 1 atom stereocenters. The minimum atomic E-state index is -3.68. The molecule has 7 nitrogen and oxygen atoms in total. The summed E-state index contributed by atoms with van der Waals surface area (Å²) in [5.74, 6) is -0.640. The van der Waals surface area contributed by atoms with Crippen LogP contribution >= 0.6 is 0 Å². The number of nitrogen functional groups attached to an aromatic ring is 1. The molecule has 21 heavy (non-hydrogen) atoms. The van der Waals surface area contributed by atoms with E-state index in [1.165, 1.54) is 22.5 Å². The third kappa shape index (κ3) is 3.02. The van der Waals surface area contributed by atoms with Crippen LogP contribution in [0.1, 0.15) is 17.3 Å². The van der Waals surface area contributed by atoms with Gasteiger partial charge in [0, 0.05) is 31.2 Å². The zero-order valence-electron chi connectivity index (χ0n) is 12.1. The number of carbonyl (C=O) groups excluding carboxylic acids is 1. The molecule has 1 heterocycles. The van der Waals surface area contributed by atoms with Crippen molar-refractivity contribution in [1.29, 1.82) is 0 Å². The highest BCUT2D eigenvalue weighted by atomic mass is 32.2. The monoisotopic (exact) mass is 312 g/mol. The van der Waals surface area contributed by atoms with Crippen molar-refractivity contribution in [2.24, 2.45) is 5.73 Å². The molecule has 1 amide bonds. The molecule has 1 aliphatic rings. The van der Waals surface area contributed by atoms with Crippen LogP contribution in [0.2, 0.25) is 0 Å². The highest BCUT2D eigenvalue weighted by Crippen LogP contribution is 2.26. The summed E-state index contributed by atoms with van der Waals surface area (Å²) in [4.78, 5) is 13.2. The smallest absolute Gasteiger partial charge is 0.248 e. The number of benzene rings is 1. The Morgan fingerprint density at radius 1 is 1.33 bits per heavy atom. The number of nitrogens with zero attached hydrogens (tertiary/aromatic N) is 2. The van der Waals surface area contributed by atoms with Gasteiger partial charge in [0.2, 0.25) is 15.9 Å². The topological polar surface area (TPSA) is 110 Å². The normalized spacial score (nSPS) is 21.3. The van der Waals surface area contributed by atoms with Crippen LogP contribution in [0, 0.1) is 0 Å². The Bertz CT molecular complexity index is 659. The van der Waals surface area contributed by atoms with Crippen molar-refractivity contribution in [1.82, 2.24) is 9.21 Å². The number of rotatable bonds is 3. The van der Waals surface area contributed by atoms with Gasteiger partial charge in [-0.25, -0.2) is 8.42 Å². The van der Waals surface area contributed by atoms with Crippen molar-refractivity contribution < 1.29 is 13.2 Å². The standard InChI is InChI=1S/C13H20N4O3S/c1-9-8-16(2)5-6-17(9)21(19,20)12-4-3-10(13(15)18)7-11(12)14/h3-4,7,9H,5-6,8,14H2,1-2H3,(H2,15,18). The van der Waals surface area contributed by atoms with Crippen molar-refractivity contribution in [2.45, 2.75) is 17.9 Å². The van der Waals surface area contributed by atoms with E-state index < -0.39 is 15.9 Å². The molecule has 1 aromatic rings. The molecule has 1 aromatic carbocycles. The van der Waals surface area contributed by atoms with E-state index in [0.717, 1.165) is 0 Å². The van der Waals surface area contributed by atoms with Crippen LogP contribution in [0.15, 0.2) is 23.1 Å². The molecule has 0 aromatic heterocycles. The Balaban J connectivity index is 2.38. The number of anilines is 1. The number of sulfonamides is 1.